The summed E-state index contributed by atoms with van der Waals surface area (Å²) >= 11 is 0. The highest BCUT2D eigenvalue weighted by Crippen LogP contribution is 2.18. The fourth-order valence-electron chi connectivity index (χ4n) is 1.62. The van der Waals surface area contributed by atoms with Gasteiger partial charge in [-0.3, -0.25) is 4.79 Å². The Balaban J connectivity index is 4.33. The van der Waals surface area contributed by atoms with E-state index in [1.54, 1.807) is 21.0 Å². The Morgan fingerprint density at radius 1 is 1.22 bits per heavy atom. The smallest absolute Gasteiger partial charge is 0.326 e. The van der Waals surface area contributed by atoms with E-state index in [0.717, 1.165) is 12.8 Å². The first kappa shape index (κ1) is 17.0. The van der Waals surface area contributed by atoms with Gasteiger partial charge < -0.3 is 9.47 Å². The van der Waals surface area contributed by atoms with E-state index >= 15 is 0 Å². The zero-order valence-electron chi connectivity index (χ0n) is 12.2. The third-order valence-corrected chi connectivity index (χ3v) is 2.68. The molecule has 0 aromatic rings. The molecule has 0 aliphatic heterocycles. The number of methoxy groups -OCH3 is 1. The van der Waals surface area contributed by atoms with Crippen LogP contribution in [0.4, 0.5) is 0 Å². The largest absolute Gasteiger partial charge is 0.465 e. The number of esters is 1. The van der Waals surface area contributed by atoms with Gasteiger partial charge in [-0.1, -0.05) is 32.1 Å². The Kier molecular flexibility index (Phi) is 9.40. The highest BCUT2D eigenvalue weighted by Gasteiger charge is 2.32. The molecule has 0 aliphatic carbocycles. The van der Waals surface area contributed by atoms with Gasteiger partial charge in [0.1, 0.15) is 5.41 Å². The van der Waals surface area contributed by atoms with Crippen molar-refractivity contribution in [1.29, 1.82) is 0 Å². The van der Waals surface area contributed by atoms with Crippen LogP contribution in [0.25, 0.3) is 0 Å². The van der Waals surface area contributed by atoms with Crippen molar-refractivity contribution in [2.24, 2.45) is 5.41 Å². The summed E-state index contributed by atoms with van der Waals surface area (Å²) in [6.45, 7) is 6.39. The molecule has 0 saturated heterocycles. The topological polar surface area (TPSA) is 35.5 Å². The van der Waals surface area contributed by atoms with Gasteiger partial charge in [0, 0.05) is 13.5 Å². The van der Waals surface area contributed by atoms with Crippen LogP contribution in [0, 0.1) is 17.3 Å². The second kappa shape index (κ2) is 9.96. The van der Waals surface area contributed by atoms with Crippen molar-refractivity contribution >= 4 is 5.97 Å². The fourth-order valence-corrected chi connectivity index (χ4v) is 1.62. The molecule has 0 aromatic carbocycles. The molecular weight excluding hydrogens is 228 g/mol. The van der Waals surface area contributed by atoms with E-state index in [1.807, 2.05) is 0 Å². The van der Waals surface area contributed by atoms with Crippen LogP contribution in [0.2, 0.25) is 0 Å². The third-order valence-electron chi connectivity index (χ3n) is 2.68. The normalized spacial score (nSPS) is 13.3. The molecule has 18 heavy (non-hydrogen) atoms. The van der Waals surface area contributed by atoms with Crippen LogP contribution >= 0.6 is 0 Å². The Bertz CT molecular complexity index is 288. The summed E-state index contributed by atoms with van der Waals surface area (Å²) < 4.78 is 10.1. The summed E-state index contributed by atoms with van der Waals surface area (Å²) in [6, 6.07) is 0. The first-order valence-electron chi connectivity index (χ1n) is 6.77. The molecule has 0 N–H and O–H groups in total. The number of ether oxygens (including phenoxy) is 2. The maximum absolute atomic E-state index is 11.8. The van der Waals surface area contributed by atoms with Crippen LogP contribution in [0.5, 0.6) is 0 Å². The van der Waals surface area contributed by atoms with Gasteiger partial charge in [-0.25, -0.2) is 0 Å². The average molecular weight is 254 g/mol. The van der Waals surface area contributed by atoms with E-state index in [1.165, 1.54) is 19.3 Å². The zero-order chi connectivity index (χ0) is 13.9. The maximum Gasteiger partial charge on any atom is 0.326 e. The predicted octanol–water partition coefficient (Wildman–Crippen LogP) is 3.18. The number of carbonyl (C=O) groups is 1. The van der Waals surface area contributed by atoms with E-state index in [2.05, 4.69) is 18.8 Å². The SMILES string of the molecule is CCCCCCC#CC(C)(COC)C(=O)OCC. The van der Waals surface area contributed by atoms with Gasteiger partial charge in [-0.05, 0) is 20.3 Å². The Hall–Kier alpha value is -1.01. The molecule has 0 radical (unpaired) electrons. The van der Waals surface area contributed by atoms with Crippen LogP contribution in [0.15, 0.2) is 0 Å². The summed E-state index contributed by atoms with van der Waals surface area (Å²) in [5, 5.41) is 0. The second-order valence-electron chi connectivity index (χ2n) is 4.60. The van der Waals surface area contributed by atoms with E-state index in [0.29, 0.717) is 6.61 Å². The van der Waals surface area contributed by atoms with Gasteiger partial charge in [0.2, 0.25) is 0 Å². The van der Waals surface area contributed by atoms with Gasteiger partial charge in [0.25, 0.3) is 0 Å². The molecule has 0 rings (SSSR count). The Labute approximate surface area is 111 Å². The Morgan fingerprint density at radius 3 is 2.50 bits per heavy atom. The molecule has 0 bridgehead atoms. The molecule has 3 nitrogen and oxygen atoms in total. The Morgan fingerprint density at radius 2 is 1.94 bits per heavy atom. The quantitative estimate of drug-likeness (QED) is 0.379. The first-order valence-corrected chi connectivity index (χ1v) is 6.77. The lowest BCUT2D eigenvalue weighted by Crippen LogP contribution is -2.33. The number of rotatable bonds is 8. The van der Waals surface area contributed by atoms with Crippen molar-refractivity contribution in [3.05, 3.63) is 0 Å². The molecule has 0 spiro atoms. The summed E-state index contributed by atoms with van der Waals surface area (Å²) in [4.78, 5) is 11.8. The molecule has 0 heterocycles. The summed E-state index contributed by atoms with van der Waals surface area (Å²) in [6.07, 6.45) is 5.59. The van der Waals surface area contributed by atoms with Gasteiger partial charge in [0.05, 0.1) is 13.2 Å². The van der Waals surface area contributed by atoms with Crippen molar-refractivity contribution in [3.8, 4) is 11.8 Å². The number of hydrogen-bond acceptors (Lipinski definition) is 3. The summed E-state index contributed by atoms with van der Waals surface area (Å²) in [7, 11) is 1.57. The molecule has 1 unspecified atom stereocenters. The number of unbranched alkanes of at least 4 members (excludes halogenated alkanes) is 4. The van der Waals surface area contributed by atoms with Crippen LogP contribution in [-0.4, -0.2) is 26.3 Å². The van der Waals surface area contributed by atoms with Crippen molar-refractivity contribution in [1.82, 2.24) is 0 Å². The molecular formula is C15H26O3. The van der Waals surface area contributed by atoms with E-state index in [9.17, 15) is 4.79 Å². The lowest BCUT2D eigenvalue weighted by Gasteiger charge is -2.20. The third kappa shape index (κ3) is 6.66. The molecule has 0 aliphatic rings. The van der Waals surface area contributed by atoms with Gasteiger partial charge in [-0.15, -0.1) is 5.92 Å². The average Bonchev–Trinajstić information content (AvgIpc) is 2.34. The van der Waals surface area contributed by atoms with Gasteiger partial charge >= 0.3 is 5.97 Å². The maximum atomic E-state index is 11.8. The molecule has 3 heteroatoms. The minimum atomic E-state index is -0.838. The monoisotopic (exact) mass is 254 g/mol. The molecule has 0 fully saturated rings. The highest BCUT2D eigenvalue weighted by atomic mass is 16.5. The lowest BCUT2D eigenvalue weighted by molar-refractivity contribution is -0.153. The van der Waals surface area contributed by atoms with Crippen LogP contribution in [-0.2, 0) is 14.3 Å². The number of hydrogen-bond donors (Lipinski definition) is 0. The van der Waals surface area contributed by atoms with Crippen molar-refractivity contribution in [2.75, 3.05) is 20.3 Å². The fraction of sp³-hybridized carbons (Fsp3) is 0.800. The van der Waals surface area contributed by atoms with Gasteiger partial charge in [-0.2, -0.15) is 0 Å². The van der Waals surface area contributed by atoms with Crippen molar-refractivity contribution in [2.45, 2.75) is 52.9 Å². The predicted molar refractivity (Wildman–Crippen MR) is 73.2 cm³/mol. The van der Waals surface area contributed by atoms with Crippen molar-refractivity contribution in [3.63, 3.8) is 0 Å². The molecule has 0 saturated carbocycles. The van der Waals surface area contributed by atoms with Crippen LogP contribution in [0.1, 0.15) is 52.9 Å². The zero-order valence-corrected chi connectivity index (χ0v) is 12.2. The molecule has 1 atom stereocenters. The molecule has 0 aromatic heterocycles. The highest BCUT2D eigenvalue weighted by molar-refractivity contribution is 5.80. The second-order valence-corrected chi connectivity index (χ2v) is 4.60. The molecule has 104 valence electrons. The standard InChI is InChI=1S/C15H26O3/c1-5-7-8-9-10-11-12-15(3,13-17-4)14(16)18-6-2/h5-10,13H2,1-4H3. The molecule has 0 amide bonds. The van der Waals surface area contributed by atoms with E-state index in [4.69, 9.17) is 9.47 Å². The van der Waals surface area contributed by atoms with E-state index < -0.39 is 5.41 Å². The van der Waals surface area contributed by atoms with Crippen LogP contribution in [0.3, 0.4) is 0 Å². The number of carbonyl (C=O) groups excluding carboxylic acids is 1. The van der Waals surface area contributed by atoms with Crippen molar-refractivity contribution < 1.29 is 14.3 Å². The lowest BCUT2D eigenvalue weighted by atomic mass is 9.92. The summed E-state index contributed by atoms with van der Waals surface area (Å²) in [5.41, 5.74) is -0.838. The van der Waals surface area contributed by atoms with E-state index in [-0.39, 0.29) is 12.6 Å². The van der Waals surface area contributed by atoms with Gasteiger partial charge in [0.15, 0.2) is 0 Å². The minimum Gasteiger partial charge on any atom is -0.465 e. The summed E-state index contributed by atoms with van der Waals surface area (Å²) in [5.74, 6) is 5.79. The van der Waals surface area contributed by atoms with Crippen LogP contribution < -0.4 is 0 Å². The first-order chi connectivity index (χ1) is 8.60. The minimum absolute atomic E-state index is 0.272.